The summed E-state index contributed by atoms with van der Waals surface area (Å²) in [4.78, 5) is 28.2. The Morgan fingerprint density at radius 3 is 2.90 bits per heavy atom. The van der Waals surface area contributed by atoms with Crippen LogP contribution in [-0.4, -0.2) is 44.3 Å². The van der Waals surface area contributed by atoms with E-state index in [9.17, 15) is 14.9 Å². The highest BCUT2D eigenvalue weighted by atomic mass is 32.2. The van der Waals surface area contributed by atoms with Crippen LogP contribution < -0.4 is 5.73 Å². The second kappa shape index (κ2) is 5.88. The molecular formula is C13H18N4O3S. The number of carbonyl (C=O) groups is 1. The molecule has 0 unspecified atom stereocenters. The molecule has 1 aromatic heterocycles. The van der Waals surface area contributed by atoms with Gasteiger partial charge in [0, 0.05) is 29.7 Å². The molecule has 1 aliphatic heterocycles. The number of anilines is 1. The molecule has 2 heterocycles. The summed E-state index contributed by atoms with van der Waals surface area (Å²) in [6.45, 7) is 5.51. The van der Waals surface area contributed by atoms with Crippen LogP contribution in [0.1, 0.15) is 30.6 Å². The molecule has 2 N–H and O–H groups in total. The number of nitrogen functional groups attached to an aromatic ring is 1. The smallest absolute Gasteiger partial charge is 0.288 e. The minimum atomic E-state index is -0.579. The molecule has 0 radical (unpaired) electrons. The quantitative estimate of drug-likeness (QED) is 0.661. The number of nitrogens with zero attached hydrogens (tertiary/aromatic N) is 3. The van der Waals surface area contributed by atoms with E-state index in [1.54, 1.807) is 4.90 Å². The Balaban J connectivity index is 2.23. The number of hydrogen-bond acceptors (Lipinski definition) is 6. The van der Waals surface area contributed by atoms with E-state index < -0.39 is 4.92 Å². The fourth-order valence-electron chi connectivity index (χ4n) is 2.13. The first-order valence-corrected chi connectivity index (χ1v) is 7.62. The summed E-state index contributed by atoms with van der Waals surface area (Å²) in [5.41, 5.74) is 5.58. The molecule has 21 heavy (non-hydrogen) atoms. The Hall–Kier alpha value is -1.83. The van der Waals surface area contributed by atoms with Crippen LogP contribution in [0.4, 0.5) is 11.5 Å². The Kier molecular flexibility index (Phi) is 4.36. The van der Waals surface area contributed by atoms with Crippen molar-refractivity contribution in [2.75, 3.05) is 24.6 Å². The minimum absolute atomic E-state index is 0.0294. The van der Waals surface area contributed by atoms with E-state index in [-0.39, 0.29) is 27.7 Å². The fourth-order valence-corrected chi connectivity index (χ4v) is 3.23. The van der Waals surface area contributed by atoms with Crippen LogP contribution in [0.2, 0.25) is 0 Å². The molecular weight excluding hydrogens is 292 g/mol. The highest BCUT2D eigenvalue weighted by molar-refractivity contribution is 8.00. The van der Waals surface area contributed by atoms with E-state index in [4.69, 9.17) is 5.73 Å². The molecule has 0 bridgehead atoms. The normalized spacial score (nSPS) is 18.1. The van der Waals surface area contributed by atoms with Crippen molar-refractivity contribution in [3.63, 3.8) is 0 Å². The van der Waals surface area contributed by atoms with Crippen molar-refractivity contribution in [1.29, 1.82) is 0 Å². The molecule has 0 spiro atoms. The van der Waals surface area contributed by atoms with Crippen molar-refractivity contribution < 1.29 is 9.72 Å². The number of carbonyl (C=O) groups excluding carboxylic acids is 1. The van der Waals surface area contributed by atoms with E-state index in [0.717, 1.165) is 18.4 Å². The number of amides is 1. The number of nitrogens with two attached hydrogens (primary N) is 1. The van der Waals surface area contributed by atoms with Crippen LogP contribution in [0.5, 0.6) is 0 Å². The maximum Gasteiger partial charge on any atom is 0.288 e. The van der Waals surface area contributed by atoms with Crippen molar-refractivity contribution in [2.45, 2.75) is 25.0 Å². The predicted octanol–water partition coefficient (Wildman–Crippen LogP) is 1.93. The van der Waals surface area contributed by atoms with Gasteiger partial charge in [-0.15, -0.1) is 0 Å². The van der Waals surface area contributed by atoms with Gasteiger partial charge >= 0.3 is 0 Å². The summed E-state index contributed by atoms with van der Waals surface area (Å²) in [6.07, 6.45) is 1.93. The molecule has 8 heteroatoms. The molecule has 1 amide bonds. The van der Waals surface area contributed by atoms with Gasteiger partial charge in [0.2, 0.25) is 0 Å². The molecule has 2 rings (SSSR count). The van der Waals surface area contributed by atoms with Crippen LogP contribution >= 0.6 is 11.8 Å². The van der Waals surface area contributed by atoms with Gasteiger partial charge in [-0.1, -0.05) is 13.8 Å². The predicted molar refractivity (Wildman–Crippen MR) is 82.4 cm³/mol. The lowest BCUT2D eigenvalue weighted by molar-refractivity contribution is -0.385. The van der Waals surface area contributed by atoms with Crippen LogP contribution in [0, 0.1) is 10.1 Å². The Bertz CT molecular complexity index is 577. The summed E-state index contributed by atoms with van der Waals surface area (Å²) >= 11 is 1.82. The van der Waals surface area contributed by atoms with Crippen molar-refractivity contribution in [3.8, 4) is 0 Å². The Labute approximate surface area is 127 Å². The molecule has 0 aromatic carbocycles. The van der Waals surface area contributed by atoms with Crippen LogP contribution in [-0.2, 0) is 0 Å². The lowest BCUT2D eigenvalue weighted by Gasteiger charge is -2.23. The fraction of sp³-hybridized carbons (Fsp3) is 0.538. The molecule has 1 aliphatic rings. The van der Waals surface area contributed by atoms with Crippen molar-refractivity contribution in [3.05, 3.63) is 27.9 Å². The van der Waals surface area contributed by atoms with Crippen molar-refractivity contribution in [1.82, 2.24) is 9.88 Å². The lowest BCUT2D eigenvalue weighted by atomic mass is 10.1. The zero-order valence-electron chi connectivity index (χ0n) is 12.0. The third-order valence-corrected chi connectivity index (χ3v) is 4.84. The first-order valence-electron chi connectivity index (χ1n) is 6.63. The van der Waals surface area contributed by atoms with E-state index >= 15 is 0 Å². The summed E-state index contributed by atoms with van der Waals surface area (Å²) in [5.74, 6) is 0.574. The lowest BCUT2D eigenvalue weighted by Crippen LogP contribution is -2.34. The number of thioether (sulfide) groups is 1. The van der Waals surface area contributed by atoms with E-state index in [1.165, 1.54) is 6.07 Å². The van der Waals surface area contributed by atoms with E-state index in [0.29, 0.717) is 13.1 Å². The summed E-state index contributed by atoms with van der Waals surface area (Å²) < 4.78 is 0.126. The number of pyridine rings is 1. The van der Waals surface area contributed by atoms with Gasteiger partial charge in [0.15, 0.2) is 0 Å². The number of hydrogen-bond donors (Lipinski definition) is 1. The molecule has 0 atom stereocenters. The summed E-state index contributed by atoms with van der Waals surface area (Å²) in [6, 6.07) is 1.20. The van der Waals surface area contributed by atoms with Crippen molar-refractivity contribution >= 4 is 29.2 Å². The van der Waals surface area contributed by atoms with Gasteiger partial charge in [0.1, 0.15) is 12.0 Å². The monoisotopic (exact) mass is 310 g/mol. The summed E-state index contributed by atoms with van der Waals surface area (Å²) in [5, 5.41) is 10.8. The molecule has 1 saturated heterocycles. The van der Waals surface area contributed by atoms with Gasteiger partial charge in [0.05, 0.1) is 10.5 Å². The number of rotatable bonds is 2. The molecule has 1 aromatic rings. The Morgan fingerprint density at radius 2 is 2.24 bits per heavy atom. The van der Waals surface area contributed by atoms with Gasteiger partial charge < -0.3 is 10.6 Å². The Morgan fingerprint density at radius 1 is 1.52 bits per heavy atom. The average molecular weight is 310 g/mol. The molecule has 114 valence electrons. The van der Waals surface area contributed by atoms with Crippen LogP contribution in [0.3, 0.4) is 0 Å². The maximum atomic E-state index is 12.5. The topological polar surface area (TPSA) is 102 Å². The first-order chi connectivity index (χ1) is 9.80. The second-order valence-electron chi connectivity index (χ2n) is 5.53. The highest BCUT2D eigenvalue weighted by Gasteiger charge is 2.28. The van der Waals surface area contributed by atoms with Crippen LogP contribution in [0.25, 0.3) is 0 Å². The standard InChI is InChI=1S/C13H18N4O3S/c1-13(2)3-4-16(5-6-21-13)12(18)10-7-9(17(19)20)8-15-11(10)14/h7-8H,3-6H2,1-2H3,(H2,14,15). The number of nitro groups is 1. The minimum Gasteiger partial charge on any atom is -0.383 e. The molecule has 1 fully saturated rings. The first kappa shape index (κ1) is 15.6. The van der Waals surface area contributed by atoms with Crippen LogP contribution in [0.15, 0.2) is 12.3 Å². The zero-order chi connectivity index (χ0) is 15.6. The average Bonchev–Trinajstić information content (AvgIpc) is 2.59. The zero-order valence-corrected chi connectivity index (χ0v) is 12.9. The van der Waals surface area contributed by atoms with Gasteiger partial charge in [-0.05, 0) is 6.42 Å². The van der Waals surface area contributed by atoms with E-state index in [2.05, 4.69) is 18.8 Å². The molecule has 0 saturated carbocycles. The highest BCUT2D eigenvalue weighted by Crippen LogP contribution is 2.31. The molecule has 0 aliphatic carbocycles. The van der Waals surface area contributed by atoms with E-state index in [1.807, 2.05) is 11.8 Å². The van der Waals surface area contributed by atoms with Crippen molar-refractivity contribution in [2.24, 2.45) is 0 Å². The third-order valence-electron chi connectivity index (χ3n) is 3.47. The van der Waals surface area contributed by atoms with Gasteiger partial charge in [-0.25, -0.2) is 4.98 Å². The molecule has 7 nitrogen and oxygen atoms in total. The maximum absolute atomic E-state index is 12.5. The number of aromatic nitrogens is 1. The third kappa shape index (κ3) is 3.63. The van der Waals surface area contributed by atoms with Gasteiger partial charge in [-0.3, -0.25) is 14.9 Å². The van der Waals surface area contributed by atoms with Gasteiger partial charge in [0.25, 0.3) is 11.6 Å². The summed E-state index contributed by atoms with van der Waals surface area (Å²) in [7, 11) is 0. The SMILES string of the molecule is CC1(C)CCN(C(=O)c2cc([N+](=O)[O-])cnc2N)CCS1. The second-order valence-corrected chi connectivity index (χ2v) is 7.34. The largest absolute Gasteiger partial charge is 0.383 e. The van der Waals surface area contributed by atoms with Gasteiger partial charge in [-0.2, -0.15) is 11.8 Å².